The third-order valence-electron chi connectivity index (χ3n) is 2.65. The smallest absolute Gasteiger partial charge is 0.123 e. The van der Waals surface area contributed by atoms with Gasteiger partial charge in [0.05, 0.1) is 5.71 Å². The molecule has 0 aliphatic rings. The fraction of sp³-hybridized carbons (Fsp3) is 0.308. The fourth-order valence-electron chi connectivity index (χ4n) is 1.26. The SMILES string of the molecule is CCC(C)/C(N)=C/C(=N)c1ccc(F)cc1. The lowest BCUT2D eigenvalue weighted by molar-refractivity contribution is 0.628. The van der Waals surface area contributed by atoms with Crippen molar-refractivity contribution in [1.29, 1.82) is 5.41 Å². The quantitative estimate of drug-likeness (QED) is 0.753. The fourth-order valence-corrected chi connectivity index (χ4v) is 1.26. The molecule has 3 heteroatoms. The van der Waals surface area contributed by atoms with E-state index in [2.05, 4.69) is 0 Å². The van der Waals surface area contributed by atoms with Crippen LogP contribution in [0.25, 0.3) is 0 Å². The predicted molar refractivity (Wildman–Crippen MR) is 65.0 cm³/mol. The van der Waals surface area contributed by atoms with E-state index >= 15 is 0 Å². The van der Waals surface area contributed by atoms with Crippen molar-refractivity contribution < 1.29 is 4.39 Å². The van der Waals surface area contributed by atoms with Crippen LogP contribution in [0.1, 0.15) is 25.8 Å². The Hall–Kier alpha value is -1.64. The van der Waals surface area contributed by atoms with Crippen molar-refractivity contribution in [3.05, 3.63) is 47.4 Å². The second-order valence-corrected chi connectivity index (χ2v) is 3.87. The average Bonchev–Trinajstić information content (AvgIpc) is 2.28. The lowest BCUT2D eigenvalue weighted by Crippen LogP contribution is -2.10. The topological polar surface area (TPSA) is 49.9 Å². The molecule has 0 saturated heterocycles. The van der Waals surface area contributed by atoms with Gasteiger partial charge in [-0.25, -0.2) is 4.39 Å². The third kappa shape index (κ3) is 3.19. The third-order valence-corrected chi connectivity index (χ3v) is 2.65. The predicted octanol–water partition coefficient (Wildman–Crippen LogP) is 3.08. The molecule has 1 aromatic carbocycles. The van der Waals surface area contributed by atoms with Crippen LogP contribution < -0.4 is 5.73 Å². The van der Waals surface area contributed by atoms with Gasteiger partial charge in [-0.15, -0.1) is 0 Å². The standard InChI is InChI=1S/C13H17FN2/c1-3-9(2)12(15)8-13(16)10-4-6-11(14)7-5-10/h4-9,16H,3,15H2,1-2H3/b12-8-,16-13?. The van der Waals surface area contributed by atoms with Gasteiger partial charge >= 0.3 is 0 Å². The minimum atomic E-state index is -0.296. The monoisotopic (exact) mass is 220 g/mol. The number of hydrogen-bond donors (Lipinski definition) is 2. The summed E-state index contributed by atoms with van der Waals surface area (Å²) < 4.78 is 12.7. The summed E-state index contributed by atoms with van der Waals surface area (Å²) in [5.74, 6) is -0.0313. The molecule has 1 unspecified atom stereocenters. The molecule has 0 bridgehead atoms. The summed E-state index contributed by atoms with van der Waals surface area (Å²) in [5.41, 5.74) is 7.52. The second kappa shape index (κ2) is 5.45. The zero-order valence-corrected chi connectivity index (χ0v) is 9.63. The van der Waals surface area contributed by atoms with E-state index in [0.717, 1.165) is 6.42 Å². The zero-order valence-electron chi connectivity index (χ0n) is 9.63. The minimum absolute atomic E-state index is 0.265. The van der Waals surface area contributed by atoms with Crippen LogP contribution in [-0.2, 0) is 0 Å². The maximum absolute atomic E-state index is 12.7. The van der Waals surface area contributed by atoms with Gasteiger partial charge < -0.3 is 11.1 Å². The summed E-state index contributed by atoms with van der Waals surface area (Å²) in [6.45, 7) is 4.07. The van der Waals surface area contributed by atoms with Gasteiger partial charge in [-0.05, 0) is 48.2 Å². The highest BCUT2D eigenvalue weighted by molar-refractivity contribution is 6.06. The van der Waals surface area contributed by atoms with Crippen LogP contribution in [0.2, 0.25) is 0 Å². The van der Waals surface area contributed by atoms with Gasteiger partial charge in [0.25, 0.3) is 0 Å². The molecular formula is C13H17FN2. The molecule has 0 aliphatic heterocycles. The van der Waals surface area contributed by atoms with Crippen LogP contribution in [0.5, 0.6) is 0 Å². The first-order chi connectivity index (χ1) is 7.54. The molecule has 0 aliphatic carbocycles. The molecule has 0 heterocycles. The van der Waals surface area contributed by atoms with Crippen LogP contribution in [0.3, 0.4) is 0 Å². The van der Waals surface area contributed by atoms with Crippen molar-refractivity contribution in [2.45, 2.75) is 20.3 Å². The molecule has 1 atom stereocenters. The Balaban J connectivity index is 2.83. The van der Waals surface area contributed by atoms with Gasteiger partial charge in [0.2, 0.25) is 0 Å². The van der Waals surface area contributed by atoms with Crippen molar-refractivity contribution >= 4 is 5.71 Å². The molecule has 0 amide bonds. The molecule has 0 fully saturated rings. The van der Waals surface area contributed by atoms with E-state index in [1.807, 2.05) is 13.8 Å². The molecule has 1 aromatic rings. The molecule has 2 nitrogen and oxygen atoms in total. The molecule has 0 radical (unpaired) electrons. The summed E-state index contributed by atoms with van der Waals surface area (Å²) in [4.78, 5) is 0. The van der Waals surface area contributed by atoms with E-state index in [-0.39, 0.29) is 11.7 Å². The van der Waals surface area contributed by atoms with Gasteiger partial charge in [-0.3, -0.25) is 0 Å². The van der Waals surface area contributed by atoms with Crippen LogP contribution >= 0.6 is 0 Å². The van der Waals surface area contributed by atoms with Crippen LogP contribution in [0.4, 0.5) is 4.39 Å². The van der Waals surface area contributed by atoms with E-state index < -0.39 is 0 Å². The Morgan fingerprint density at radius 1 is 1.44 bits per heavy atom. The molecule has 16 heavy (non-hydrogen) atoms. The molecule has 1 rings (SSSR count). The largest absolute Gasteiger partial charge is 0.402 e. The number of hydrogen-bond acceptors (Lipinski definition) is 2. The summed E-state index contributed by atoms with van der Waals surface area (Å²) in [5, 5.41) is 7.82. The molecule has 0 spiro atoms. The molecule has 86 valence electrons. The summed E-state index contributed by atoms with van der Waals surface area (Å²) in [6, 6.07) is 5.85. The summed E-state index contributed by atoms with van der Waals surface area (Å²) in [6.07, 6.45) is 2.58. The van der Waals surface area contributed by atoms with Crippen molar-refractivity contribution in [3.8, 4) is 0 Å². The number of benzene rings is 1. The summed E-state index contributed by atoms with van der Waals surface area (Å²) in [7, 11) is 0. The highest BCUT2D eigenvalue weighted by Gasteiger charge is 2.04. The highest BCUT2D eigenvalue weighted by Crippen LogP contribution is 2.11. The Morgan fingerprint density at radius 2 is 2.00 bits per heavy atom. The Labute approximate surface area is 95.5 Å². The van der Waals surface area contributed by atoms with E-state index in [0.29, 0.717) is 17.0 Å². The van der Waals surface area contributed by atoms with Crippen LogP contribution in [0.15, 0.2) is 36.0 Å². The lowest BCUT2D eigenvalue weighted by atomic mass is 10.0. The van der Waals surface area contributed by atoms with Gasteiger partial charge in [0, 0.05) is 5.70 Å². The Morgan fingerprint density at radius 3 is 2.50 bits per heavy atom. The number of allylic oxidation sites excluding steroid dienone is 2. The normalized spacial score (nSPS) is 13.6. The van der Waals surface area contributed by atoms with Crippen molar-refractivity contribution in [3.63, 3.8) is 0 Å². The molecule has 0 saturated carbocycles. The zero-order chi connectivity index (χ0) is 12.1. The van der Waals surface area contributed by atoms with Gasteiger partial charge in [0.1, 0.15) is 5.82 Å². The van der Waals surface area contributed by atoms with Crippen molar-refractivity contribution in [2.24, 2.45) is 11.7 Å². The first kappa shape index (κ1) is 12.4. The maximum Gasteiger partial charge on any atom is 0.123 e. The molecule has 3 N–H and O–H groups in total. The number of halogens is 1. The number of rotatable bonds is 4. The number of nitrogens with one attached hydrogen (secondary N) is 1. The van der Waals surface area contributed by atoms with E-state index in [9.17, 15) is 4.39 Å². The highest BCUT2D eigenvalue weighted by atomic mass is 19.1. The summed E-state index contributed by atoms with van der Waals surface area (Å²) >= 11 is 0. The van der Waals surface area contributed by atoms with Crippen molar-refractivity contribution in [2.75, 3.05) is 0 Å². The molecule has 0 aromatic heterocycles. The Kier molecular flexibility index (Phi) is 4.23. The van der Waals surface area contributed by atoms with Gasteiger partial charge in [0.15, 0.2) is 0 Å². The van der Waals surface area contributed by atoms with E-state index in [1.165, 1.54) is 12.1 Å². The minimum Gasteiger partial charge on any atom is -0.402 e. The van der Waals surface area contributed by atoms with Crippen LogP contribution in [0, 0.1) is 17.1 Å². The average molecular weight is 220 g/mol. The van der Waals surface area contributed by atoms with E-state index in [1.54, 1.807) is 18.2 Å². The first-order valence-corrected chi connectivity index (χ1v) is 5.36. The van der Waals surface area contributed by atoms with Crippen molar-refractivity contribution in [1.82, 2.24) is 0 Å². The van der Waals surface area contributed by atoms with Gasteiger partial charge in [-0.2, -0.15) is 0 Å². The number of nitrogens with two attached hydrogens (primary N) is 1. The Bertz CT molecular complexity index is 393. The van der Waals surface area contributed by atoms with E-state index in [4.69, 9.17) is 11.1 Å². The maximum atomic E-state index is 12.7. The molecular weight excluding hydrogens is 203 g/mol. The first-order valence-electron chi connectivity index (χ1n) is 5.36. The van der Waals surface area contributed by atoms with Gasteiger partial charge in [-0.1, -0.05) is 13.8 Å². The van der Waals surface area contributed by atoms with Crippen LogP contribution in [-0.4, -0.2) is 5.71 Å². The lowest BCUT2D eigenvalue weighted by Gasteiger charge is -2.09. The second-order valence-electron chi connectivity index (χ2n) is 3.87.